The lowest BCUT2D eigenvalue weighted by molar-refractivity contribution is -0.136. The van der Waals surface area contributed by atoms with Crippen LogP contribution in [-0.4, -0.2) is 60.9 Å². The normalized spacial score (nSPS) is 15.5. The molecule has 0 atom stereocenters. The summed E-state index contributed by atoms with van der Waals surface area (Å²) in [6.45, 7) is 7.98. The molecule has 2 amide bonds. The molecular weight excluding hydrogens is 302 g/mol. The Labute approximate surface area is 145 Å². The van der Waals surface area contributed by atoms with Crippen LogP contribution in [0.2, 0.25) is 0 Å². The number of aryl methyl sites for hydroxylation is 1. The molecule has 1 N–H and O–H groups in total. The van der Waals surface area contributed by atoms with E-state index >= 15 is 0 Å². The van der Waals surface area contributed by atoms with Crippen LogP contribution in [0.5, 0.6) is 0 Å². The zero-order valence-electron chi connectivity index (χ0n) is 14.8. The lowest BCUT2D eigenvalue weighted by Gasteiger charge is -2.35. The van der Waals surface area contributed by atoms with Gasteiger partial charge in [0.25, 0.3) is 0 Å². The lowest BCUT2D eigenvalue weighted by atomic mass is 10.1. The van der Waals surface area contributed by atoms with E-state index in [1.807, 2.05) is 36.9 Å². The number of piperazine rings is 1. The fourth-order valence-corrected chi connectivity index (χ4v) is 2.92. The molecule has 1 aromatic rings. The van der Waals surface area contributed by atoms with E-state index in [1.54, 1.807) is 0 Å². The number of hydrogen-bond acceptors (Lipinski definition) is 3. The maximum absolute atomic E-state index is 12.0. The standard InChI is InChI=1S/C19H29N3O2/c1-16(2)19(24)22-13-11-21(12-14-22)15-18(23)20-10-6-9-17-7-4-3-5-8-17/h3-5,7-8,16H,6,9-15H2,1-2H3,(H,20,23). The van der Waals surface area contributed by atoms with Crippen molar-refractivity contribution in [3.8, 4) is 0 Å². The van der Waals surface area contributed by atoms with Gasteiger partial charge in [-0.05, 0) is 18.4 Å². The average molecular weight is 331 g/mol. The number of nitrogens with one attached hydrogen (secondary N) is 1. The van der Waals surface area contributed by atoms with Crippen LogP contribution in [0.1, 0.15) is 25.8 Å². The van der Waals surface area contributed by atoms with E-state index in [0.717, 1.165) is 39.0 Å². The van der Waals surface area contributed by atoms with Crippen LogP contribution >= 0.6 is 0 Å². The third-order valence-electron chi connectivity index (χ3n) is 4.35. The third kappa shape index (κ3) is 5.96. The molecule has 1 saturated heterocycles. The van der Waals surface area contributed by atoms with E-state index in [2.05, 4.69) is 22.3 Å². The van der Waals surface area contributed by atoms with Crippen molar-refractivity contribution in [3.63, 3.8) is 0 Å². The minimum Gasteiger partial charge on any atom is -0.355 e. The van der Waals surface area contributed by atoms with Gasteiger partial charge in [0.05, 0.1) is 6.54 Å². The van der Waals surface area contributed by atoms with Crippen molar-refractivity contribution in [1.29, 1.82) is 0 Å². The van der Waals surface area contributed by atoms with Gasteiger partial charge < -0.3 is 10.2 Å². The summed E-state index contributed by atoms with van der Waals surface area (Å²) in [6.07, 6.45) is 1.93. The first kappa shape index (κ1) is 18.5. The summed E-state index contributed by atoms with van der Waals surface area (Å²) < 4.78 is 0. The summed E-state index contributed by atoms with van der Waals surface area (Å²) in [6, 6.07) is 10.3. The predicted molar refractivity (Wildman–Crippen MR) is 95.6 cm³/mol. The highest BCUT2D eigenvalue weighted by atomic mass is 16.2. The third-order valence-corrected chi connectivity index (χ3v) is 4.35. The molecule has 0 radical (unpaired) electrons. The quantitative estimate of drug-likeness (QED) is 0.771. The second kappa shape index (κ2) is 9.42. The molecule has 132 valence electrons. The second-order valence-electron chi connectivity index (χ2n) is 6.70. The van der Waals surface area contributed by atoms with E-state index < -0.39 is 0 Å². The van der Waals surface area contributed by atoms with Crippen LogP contribution in [0.25, 0.3) is 0 Å². The van der Waals surface area contributed by atoms with Crippen molar-refractivity contribution < 1.29 is 9.59 Å². The van der Waals surface area contributed by atoms with Crippen molar-refractivity contribution in [2.75, 3.05) is 39.3 Å². The molecule has 5 heteroatoms. The Morgan fingerprint density at radius 1 is 1.08 bits per heavy atom. The van der Waals surface area contributed by atoms with Crippen molar-refractivity contribution in [3.05, 3.63) is 35.9 Å². The van der Waals surface area contributed by atoms with Crippen molar-refractivity contribution in [2.24, 2.45) is 5.92 Å². The molecule has 1 fully saturated rings. The van der Waals surface area contributed by atoms with Crippen molar-refractivity contribution >= 4 is 11.8 Å². The first-order chi connectivity index (χ1) is 11.6. The maximum atomic E-state index is 12.0. The van der Waals surface area contributed by atoms with Crippen LogP contribution < -0.4 is 5.32 Å². The molecule has 1 heterocycles. The summed E-state index contributed by atoms with van der Waals surface area (Å²) >= 11 is 0. The fraction of sp³-hybridized carbons (Fsp3) is 0.579. The van der Waals surface area contributed by atoms with Gasteiger partial charge >= 0.3 is 0 Å². The van der Waals surface area contributed by atoms with Gasteiger partial charge in [0.1, 0.15) is 0 Å². The maximum Gasteiger partial charge on any atom is 0.234 e. The lowest BCUT2D eigenvalue weighted by Crippen LogP contribution is -2.52. The van der Waals surface area contributed by atoms with Crippen LogP contribution in [0.4, 0.5) is 0 Å². The summed E-state index contributed by atoms with van der Waals surface area (Å²) in [5.41, 5.74) is 1.30. The van der Waals surface area contributed by atoms with Crippen molar-refractivity contribution in [1.82, 2.24) is 15.1 Å². The molecule has 1 aliphatic rings. The molecule has 0 spiro atoms. The van der Waals surface area contributed by atoms with Crippen LogP contribution in [0.3, 0.4) is 0 Å². The molecule has 1 aromatic carbocycles. The first-order valence-corrected chi connectivity index (χ1v) is 8.88. The smallest absolute Gasteiger partial charge is 0.234 e. The van der Waals surface area contributed by atoms with Crippen LogP contribution in [0.15, 0.2) is 30.3 Å². The molecule has 0 aromatic heterocycles. The van der Waals surface area contributed by atoms with Gasteiger partial charge in [-0.3, -0.25) is 14.5 Å². The molecule has 24 heavy (non-hydrogen) atoms. The zero-order chi connectivity index (χ0) is 17.4. The summed E-state index contributed by atoms with van der Waals surface area (Å²) in [7, 11) is 0. The monoisotopic (exact) mass is 331 g/mol. The van der Waals surface area contributed by atoms with Gasteiger partial charge in [-0.2, -0.15) is 0 Å². The molecule has 1 aliphatic heterocycles. The van der Waals surface area contributed by atoms with Gasteiger partial charge in [-0.15, -0.1) is 0 Å². The Morgan fingerprint density at radius 3 is 2.38 bits per heavy atom. The molecule has 0 bridgehead atoms. The summed E-state index contributed by atoms with van der Waals surface area (Å²) in [4.78, 5) is 28.0. The zero-order valence-corrected chi connectivity index (χ0v) is 14.8. The van der Waals surface area contributed by atoms with E-state index in [4.69, 9.17) is 0 Å². The van der Waals surface area contributed by atoms with E-state index in [1.165, 1.54) is 5.56 Å². The molecule has 0 saturated carbocycles. The fourth-order valence-electron chi connectivity index (χ4n) is 2.92. The Bertz CT molecular complexity index is 523. The van der Waals surface area contributed by atoms with E-state index in [0.29, 0.717) is 13.1 Å². The van der Waals surface area contributed by atoms with Gasteiger partial charge in [0.2, 0.25) is 11.8 Å². The summed E-state index contributed by atoms with van der Waals surface area (Å²) in [5, 5.41) is 2.99. The van der Waals surface area contributed by atoms with Crippen molar-refractivity contribution in [2.45, 2.75) is 26.7 Å². The largest absolute Gasteiger partial charge is 0.355 e. The number of nitrogens with zero attached hydrogens (tertiary/aromatic N) is 2. The first-order valence-electron chi connectivity index (χ1n) is 8.88. The highest BCUT2D eigenvalue weighted by Crippen LogP contribution is 2.07. The van der Waals surface area contributed by atoms with E-state index in [-0.39, 0.29) is 17.7 Å². The Kier molecular flexibility index (Phi) is 7.25. The van der Waals surface area contributed by atoms with Gasteiger partial charge in [-0.1, -0.05) is 44.2 Å². The van der Waals surface area contributed by atoms with Crippen LogP contribution in [-0.2, 0) is 16.0 Å². The Hall–Kier alpha value is -1.88. The Balaban J connectivity index is 1.59. The SMILES string of the molecule is CC(C)C(=O)N1CCN(CC(=O)NCCCc2ccccc2)CC1. The molecule has 2 rings (SSSR count). The molecule has 0 unspecified atom stereocenters. The highest BCUT2D eigenvalue weighted by molar-refractivity contribution is 5.79. The van der Waals surface area contributed by atoms with Gasteiger partial charge in [-0.25, -0.2) is 0 Å². The number of hydrogen-bond donors (Lipinski definition) is 1. The minimum atomic E-state index is 0.0458. The number of benzene rings is 1. The number of rotatable bonds is 7. The number of carbonyl (C=O) groups is 2. The molecule has 0 aliphatic carbocycles. The topological polar surface area (TPSA) is 52.7 Å². The average Bonchev–Trinajstić information content (AvgIpc) is 2.59. The summed E-state index contributed by atoms with van der Waals surface area (Å²) in [5.74, 6) is 0.330. The molecule has 5 nitrogen and oxygen atoms in total. The van der Waals surface area contributed by atoms with Gasteiger partial charge in [0, 0.05) is 38.6 Å². The minimum absolute atomic E-state index is 0.0458. The predicted octanol–water partition coefficient (Wildman–Crippen LogP) is 1.54. The Morgan fingerprint density at radius 2 is 1.75 bits per heavy atom. The number of carbonyl (C=O) groups excluding carboxylic acids is 2. The van der Waals surface area contributed by atoms with Gasteiger partial charge in [0.15, 0.2) is 0 Å². The second-order valence-corrected chi connectivity index (χ2v) is 6.70. The highest BCUT2D eigenvalue weighted by Gasteiger charge is 2.23. The van der Waals surface area contributed by atoms with Crippen LogP contribution in [0, 0.1) is 5.92 Å². The number of amides is 2. The molecular formula is C19H29N3O2. The van der Waals surface area contributed by atoms with E-state index in [9.17, 15) is 9.59 Å².